The maximum Gasteiger partial charge on any atom is 0.311 e. The quantitative estimate of drug-likeness (QED) is 0.736. The van der Waals surface area contributed by atoms with E-state index in [9.17, 15) is 9.59 Å². The summed E-state index contributed by atoms with van der Waals surface area (Å²) in [6, 6.07) is 0. The lowest BCUT2D eigenvalue weighted by Gasteiger charge is -2.31. The minimum Gasteiger partial charge on any atom is -0.458 e. The zero-order valence-electron chi connectivity index (χ0n) is 12.3. The van der Waals surface area contributed by atoms with E-state index in [0.717, 1.165) is 19.3 Å². The molecular formula is C15H24O4. The number of hydrogen-bond acceptors (Lipinski definition) is 4. The standard InChI is InChI=1S/C15H24O4/c1-9(2)8-15(3,4)14(17)19-11-6-5-10-7-12(11)18-13(10)16/h9-12H,5-8H2,1-4H3. The normalized spacial score (nSPS) is 30.4. The van der Waals surface area contributed by atoms with E-state index in [0.29, 0.717) is 12.3 Å². The van der Waals surface area contributed by atoms with Gasteiger partial charge in [0.1, 0.15) is 12.2 Å². The molecular weight excluding hydrogens is 244 g/mol. The van der Waals surface area contributed by atoms with Crippen LogP contribution in [-0.4, -0.2) is 24.1 Å². The van der Waals surface area contributed by atoms with Gasteiger partial charge >= 0.3 is 11.9 Å². The number of rotatable bonds is 4. The van der Waals surface area contributed by atoms with Crippen LogP contribution >= 0.6 is 0 Å². The number of fused-ring (bicyclic) bond motifs is 2. The van der Waals surface area contributed by atoms with Crippen molar-refractivity contribution in [3.8, 4) is 0 Å². The zero-order valence-corrected chi connectivity index (χ0v) is 12.3. The summed E-state index contributed by atoms with van der Waals surface area (Å²) < 4.78 is 10.9. The third-order valence-electron chi connectivity index (χ3n) is 4.06. The van der Waals surface area contributed by atoms with Gasteiger partial charge in [0.05, 0.1) is 11.3 Å². The van der Waals surface area contributed by atoms with Gasteiger partial charge in [-0.3, -0.25) is 9.59 Å². The number of esters is 2. The monoisotopic (exact) mass is 268 g/mol. The lowest BCUT2D eigenvalue weighted by molar-refractivity contribution is -0.170. The van der Waals surface area contributed by atoms with Crippen LogP contribution in [0.5, 0.6) is 0 Å². The molecule has 4 nitrogen and oxygen atoms in total. The first-order valence-electron chi connectivity index (χ1n) is 7.21. The minimum absolute atomic E-state index is 0.0311. The van der Waals surface area contributed by atoms with E-state index in [-0.39, 0.29) is 30.1 Å². The molecule has 1 aliphatic heterocycles. The summed E-state index contributed by atoms with van der Waals surface area (Å²) in [5.41, 5.74) is -0.479. The van der Waals surface area contributed by atoms with E-state index in [1.165, 1.54) is 0 Å². The van der Waals surface area contributed by atoms with Gasteiger partial charge in [0.15, 0.2) is 0 Å². The molecule has 1 aliphatic carbocycles. The molecule has 0 radical (unpaired) electrons. The molecule has 0 aromatic carbocycles. The Labute approximate surface area is 114 Å². The van der Waals surface area contributed by atoms with Crippen molar-refractivity contribution in [1.29, 1.82) is 0 Å². The van der Waals surface area contributed by atoms with Crippen molar-refractivity contribution in [2.45, 2.75) is 65.6 Å². The summed E-state index contributed by atoms with van der Waals surface area (Å²) in [6.07, 6.45) is 2.56. The van der Waals surface area contributed by atoms with Gasteiger partial charge in [-0.1, -0.05) is 13.8 Å². The largest absolute Gasteiger partial charge is 0.458 e. The second-order valence-corrected chi connectivity index (χ2v) is 6.91. The molecule has 2 rings (SSSR count). The van der Waals surface area contributed by atoms with Crippen molar-refractivity contribution >= 4 is 11.9 Å². The van der Waals surface area contributed by atoms with Gasteiger partial charge in [-0.05, 0) is 39.0 Å². The van der Waals surface area contributed by atoms with Crippen molar-refractivity contribution in [2.75, 3.05) is 0 Å². The highest BCUT2D eigenvalue weighted by atomic mass is 16.6. The van der Waals surface area contributed by atoms with Crippen LogP contribution in [0.25, 0.3) is 0 Å². The predicted octanol–water partition coefficient (Wildman–Crippen LogP) is 2.70. The lowest BCUT2D eigenvalue weighted by atomic mass is 9.83. The predicted molar refractivity (Wildman–Crippen MR) is 70.3 cm³/mol. The number of ether oxygens (including phenoxy) is 2. The fourth-order valence-electron chi connectivity index (χ4n) is 3.22. The Hall–Kier alpha value is -1.06. The molecule has 0 spiro atoms. The van der Waals surface area contributed by atoms with Gasteiger partial charge in [0, 0.05) is 6.42 Å². The highest BCUT2D eigenvalue weighted by molar-refractivity contribution is 5.77. The summed E-state index contributed by atoms with van der Waals surface area (Å²) in [7, 11) is 0. The molecule has 1 saturated heterocycles. The Morgan fingerprint density at radius 3 is 2.74 bits per heavy atom. The SMILES string of the molecule is CC(C)CC(C)(C)C(=O)OC1CCC2CC1OC2=O. The molecule has 1 heterocycles. The van der Waals surface area contributed by atoms with Gasteiger partial charge in [-0.25, -0.2) is 0 Å². The van der Waals surface area contributed by atoms with Crippen molar-refractivity contribution < 1.29 is 19.1 Å². The molecule has 0 aromatic rings. The van der Waals surface area contributed by atoms with Crippen LogP contribution < -0.4 is 0 Å². The van der Waals surface area contributed by atoms with Gasteiger partial charge in [0.2, 0.25) is 0 Å². The summed E-state index contributed by atoms with van der Waals surface area (Å²) in [5, 5.41) is 0. The molecule has 3 atom stereocenters. The van der Waals surface area contributed by atoms with Gasteiger partial charge in [-0.2, -0.15) is 0 Å². The first-order chi connectivity index (χ1) is 8.79. The van der Waals surface area contributed by atoms with E-state index >= 15 is 0 Å². The van der Waals surface area contributed by atoms with E-state index in [2.05, 4.69) is 13.8 Å². The Bertz CT molecular complexity index is 372. The maximum atomic E-state index is 12.3. The minimum atomic E-state index is -0.479. The molecule has 4 heteroatoms. The topological polar surface area (TPSA) is 52.6 Å². The molecule has 0 N–H and O–H groups in total. The highest BCUT2D eigenvalue weighted by Crippen LogP contribution is 2.37. The van der Waals surface area contributed by atoms with Gasteiger partial charge in [-0.15, -0.1) is 0 Å². The maximum absolute atomic E-state index is 12.3. The van der Waals surface area contributed by atoms with Gasteiger partial charge < -0.3 is 9.47 Å². The number of hydrogen-bond donors (Lipinski definition) is 0. The average molecular weight is 268 g/mol. The van der Waals surface area contributed by atoms with Crippen LogP contribution in [0.2, 0.25) is 0 Å². The third kappa shape index (κ3) is 3.10. The molecule has 2 fully saturated rings. The summed E-state index contributed by atoms with van der Waals surface area (Å²) in [6.45, 7) is 8.03. The van der Waals surface area contributed by atoms with Crippen LogP contribution in [0.4, 0.5) is 0 Å². The van der Waals surface area contributed by atoms with E-state index in [4.69, 9.17) is 9.47 Å². The molecule has 0 aromatic heterocycles. The zero-order chi connectivity index (χ0) is 14.2. The molecule has 2 bridgehead atoms. The molecule has 1 saturated carbocycles. The van der Waals surface area contributed by atoms with Crippen molar-refractivity contribution in [1.82, 2.24) is 0 Å². The molecule has 3 unspecified atom stereocenters. The first kappa shape index (κ1) is 14.4. The van der Waals surface area contributed by atoms with Crippen molar-refractivity contribution in [3.05, 3.63) is 0 Å². The van der Waals surface area contributed by atoms with E-state index < -0.39 is 5.41 Å². The van der Waals surface area contributed by atoms with E-state index in [1.807, 2.05) is 13.8 Å². The van der Waals surface area contributed by atoms with E-state index in [1.54, 1.807) is 0 Å². The second kappa shape index (κ2) is 5.14. The Kier molecular flexibility index (Phi) is 3.88. The summed E-state index contributed by atoms with van der Waals surface area (Å²) in [4.78, 5) is 23.7. The smallest absolute Gasteiger partial charge is 0.311 e. The van der Waals surface area contributed by atoms with Crippen LogP contribution in [-0.2, 0) is 19.1 Å². The molecule has 108 valence electrons. The van der Waals surface area contributed by atoms with Gasteiger partial charge in [0.25, 0.3) is 0 Å². The van der Waals surface area contributed by atoms with Crippen molar-refractivity contribution in [3.63, 3.8) is 0 Å². The Morgan fingerprint density at radius 1 is 1.42 bits per heavy atom. The van der Waals surface area contributed by atoms with Crippen molar-refractivity contribution in [2.24, 2.45) is 17.3 Å². The highest BCUT2D eigenvalue weighted by Gasteiger charge is 2.46. The van der Waals surface area contributed by atoms with Crippen LogP contribution in [0.3, 0.4) is 0 Å². The lowest BCUT2D eigenvalue weighted by Crippen LogP contribution is -2.38. The Balaban J connectivity index is 1.94. The molecule has 0 amide bonds. The molecule has 2 aliphatic rings. The summed E-state index contributed by atoms with van der Waals surface area (Å²) >= 11 is 0. The van der Waals surface area contributed by atoms with Crippen LogP contribution in [0.15, 0.2) is 0 Å². The first-order valence-corrected chi connectivity index (χ1v) is 7.21. The van der Waals surface area contributed by atoms with Crippen LogP contribution in [0, 0.1) is 17.3 Å². The molecule has 19 heavy (non-hydrogen) atoms. The Morgan fingerprint density at radius 2 is 2.11 bits per heavy atom. The average Bonchev–Trinajstić information content (AvgIpc) is 2.57. The summed E-state index contributed by atoms with van der Waals surface area (Å²) in [5.74, 6) is 0.184. The fourth-order valence-corrected chi connectivity index (χ4v) is 3.22. The fraction of sp³-hybridized carbons (Fsp3) is 0.867. The number of carbonyl (C=O) groups excluding carboxylic acids is 2. The second-order valence-electron chi connectivity index (χ2n) is 6.91. The third-order valence-corrected chi connectivity index (χ3v) is 4.06. The van der Waals surface area contributed by atoms with Crippen LogP contribution in [0.1, 0.15) is 53.4 Å². The number of carbonyl (C=O) groups is 2.